The third-order valence-corrected chi connectivity index (χ3v) is 2.91. The molecule has 1 aromatic carbocycles. The number of ether oxygens (including phenoxy) is 1. The second-order valence-corrected chi connectivity index (χ2v) is 5.04. The first-order valence-corrected chi connectivity index (χ1v) is 5.47. The number of primary amides is 1. The van der Waals surface area contributed by atoms with Crippen molar-refractivity contribution in [2.75, 3.05) is 6.61 Å². The second kappa shape index (κ2) is 5.00. The van der Waals surface area contributed by atoms with Crippen LogP contribution < -0.4 is 5.73 Å². The minimum Gasteiger partial charge on any atom is -0.445 e. The molecule has 0 aliphatic carbocycles. The third kappa shape index (κ3) is 3.51. The van der Waals surface area contributed by atoms with Crippen molar-refractivity contribution in [3.8, 4) is 0 Å². The molecule has 4 nitrogen and oxygen atoms in total. The van der Waals surface area contributed by atoms with Crippen LogP contribution in [0.3, 0.4) is 0 Å². The van der Waals surface area contributed by atoms with Gasteiger partial charge in [0.15, 0.2) is 3.61 Å². The summed E-state index contributed by atoms with van der Waals surface area (Å²) in [6, 6.07) is 6.77. The van der Waals surface area contributed by atoms with E-state index in [9.17, 15) is 9.90 Å². The van der Waals surface area contributed by atoms with E-state index in [0.29, 0.717) is 10.6 Å². The van der Waals surface area contributed by atoms with E-state index in [-0.39, 0.29) is 6.61 Å². The van der Waals surface area contributed by atoms with Crippen molar-refractivity contribution in [3.63, 3.8) is 0 Å². The first-order valence-electron chi connectivity index (χ1n) is 4.02. The molecule has 0 radical (unpaired) electrons. The summed E-state index contributed by atoms with van der Waals surface area (Å²) < 4.78 is 3.17. The highest BCUT2D eigenvalue weighted by Gasteiger charge is 2.29. The maximum absolute atomic E-state index is 10.4. The first kappa shape index (κ1) is 12.5. The van der Waals surface area contributed by atoms with Crippen LogP contribution in [0.4, 0.5) is 4.79 Å². The molecule has 0 fully saturated rings. The predicted octanol–water partition coefficient (Wildman–Crippen LogP) is 2.02. The zero-order valence-corrected chi connectivity index (χ0v) is 10.5. The monoisotopic (exact) mass is 341 g/mol. The van der Waals surface area contributed by atoms with Crippen molar-refractivity contribution in [2.24, 2.45) is 5.73 Å². The standard InChI is InChI=1S/C9H9ClINO3/c10-7-4-2-1-3-6(7)9(11,14)5-15-8(12)13/h1-4,14H,5H2,(H2,12,13)/t9-/m0/s1. The summed E-state index contributed by atoms with van der Waals surface area (Å²) in [5, 5.41) is 10.4. The van der Waals surface area contributed by atoms with Crippen LogP contribution in [0.5, 0.6) is 0 Å². The molecule has 15 heavy (non-hydrogen) atoms. The average molecular weight is 342 g/mol. The molecular weight excluding hydrogens is 332 g/mol. The topological polar surface area (TPSA) is 72.6 Å². The Kier molecular flexibility index (Phi) is 4.18. The fourth-order valence-electron chi connectivity index (χ4n) is 1.02. The van der Waals surface area contributed by atoms with Gasteiger partial charge in [-0.2, -0.15) is 0 Å². The summed E-state index contributed by atoms with van der Waals surface area (Å²) in [7, 11) is 0. The molecule has 0 heterocycles. The van der Waals surface area contributed by atoms with Gasteiger partial charge in [-0.15, -0.1) is 0 Å². The van der Waals surface area contributed by atoms with Crippen molar-refractivity contribution in [3.05, 3.63) is 34.9 Å². The highest BCUT2D eigenvalue weighted by Crippen LogP contribution is 2.33. The molecule has 0 saturated heterocycles. The van der Waals surface area contributed by atoms with Crippen LogP contribution >= 0.6 is 34.2 Å². The van der Waals surface area contributed by atoms with Gasteiger partial charge in [-0.3, -0.25) is 0 Å². The molecule has 1 amide bonds. The quantitative estimate of drug-likeness (QED) is 0.652. The Morgan fingerprint density at radius 2 is 2.20 bits per heavy atom. The Hall–Kier alpha value is -0.530. The number of amides is 1. The Morgan fingerprint density at radius 1 is 1.60 bits per heavy atom. The molecule has 6 heteroatoms. The first-order chi connectivity index (χ1) is 6.93. The third-order valence-electron chi connectivity index (χ3n) is 1.69. The van der Waals surface area contributed by atoms with E-state index < -0.39 is 9.70 Å². The molecule has 1 aromatic rings. The number of rotatable bonds is 3. The number of alkyl halides is 1. The minimum atomic E-state index is -1.37. The number of halogens is 2. The predicted molar refractivity (Wildman–Crippen MR) is 64.9 cm³/mol. The van der Waals surface area contributed by atoms with Gasteiger partial charge in [0, 0.05) is 10.6 Å². The summed E-state index contributed by atoms with van der Waals surface area (Å²) in [5.74, 6) is 0. The molecular formula is C9H9ClINO3. The summed E-state index contributed by atoms with van der Waals surface area (Å²) in [6.07, 6.45) is -0.933. The molecule has 0 aromatic heterocycles. The van der Waals surface area contributed by atoms with Crippen LogP contribution in [0.2, 0.25) is 5.02 Å². The number of benzene rings is 1. The lowest BCUT2D eigenvalue weighted by Crippen LogP contribution is -2.28. The van der Waals surface area contributed by atoms with Gasteiger partial charge in [-0.05, 0) is 28.7 Å². The van der Waals surface area contributed by atoms with E-state index in [1.54, 1.807) is 46.9 Å². The summed E-state index contributed by atoms with van der Waals surface area (Å²) in [4.78, 5) is 10.4. The van der Waals surface area contributed by atoms with Crippen LogP contribution in [0, 0.1) is 0 Å². The molecule has 0 aliphatic rings. The second-order valence-electron chi connectivity index (χ2n) is 2.85. The fraction of sp³-hybridized carbons (Fsp3) is 0.222. The molecule has 1 rings (SSSR count). The Morgan fingerprint density at radius 3 is 2.73 bits per heavy atom. The average Bonchev–Trinajstić information content (AvgIpc) is 2.15. The Labute approximate surface area is 106 Å². The lowest BCUT2D eigenvalue weighted by molar-refractivity contribution is 0.0601. The van der Waals surface area contributed by atoms with Gasteiger partial charge < -0.3 is 15.6 Å². The van der Waals surface area contributed by atoms with Crippen molar-refractivity contribution in [1.29, 1.82) is 0 Å². The van der Waals surface area contributed by atoms with E-state index in [0.717, 1.165) is 0 Å². The molecule has 1 atom stereocenters. The van der Waals surface area contributed by atoms with Crippen LogP contribution in [-0.4, -0.2) is 17.8 Å². The highest BCUT2D eigenvalue weighted by atomic mass is 127. The van der Waals surface area contributed by atoms with Crippen LogP contribution in [-0.2, 0) is 8.34 Å². The van der Waals surface area contributed by atoms with Crippen LogP contribution in [0.1, 0.15) is 5.56 Å². The van der Waals surface area contributed by atoms with E-state index in [1.165, 1.54) is 0 Å². The van der Waals surface area contributed by atoms with Gasteiger partial charge in [0.1, 0.15) is 6.61 Å². The number of aliphatic hydroxyl groups is 1. The molecule has 3 N–H and O–H groups in total. The van der Waals surface area contributed by atoms with Gasteiger partial charge in [0.25, 0.3) is 0 Å². The number of nitrogens with two attached hydrogens (primary N) is 1. The van der Waals surface area contributed by atoms with Crippen LogP contribution in [0.15, 0.2) is 24.3 Å². The molecule has 0 saturated carbocycles. The lowest BCUT2D eigenvalue weighted by atomic mass is 10.1. The maximum atomic E-state index is 10.4. The Balaban J connectivity index is 2.85. The largest absolute Gasteiger partial charge is 0.445 e. The number of carbonyl (C=O) groups is 1. The number of hydrogen-bond donors (Lipinski definition) is 2. The Bertz CT molecular complexity index is 370. The highest BCUT2D eigenvalue weighted by molar-refractivity contribution is 14.1. The lowest BCUT2D eigenvalue weighted by Gasteiger charge is -2.21. The summed E-state index contributed by atoms with van der Waals surface area (Å²) in [5.41, 5.74) is 5.29. The van der Waals surface area contributed by atoms with Gasteiger partial charge in [-0.1, -0.05) is 29.8 Å². The number of hydrogen-bond acceptors (Lipinski definition) is 3. The van der Waals surface area contributed by atoms with Crippen molar-refractivity contribution in [2.45, 2.75) is 3.61 Å². The summed E-state index contributed by atoms with van der Waals surface area (Å²) >= 11 is 7.63. The minimum absolute atomic E-state index is 0.243. The van der Waals surface area contributed by atoms with Gasteiger partial charge in [0.05, 0.1) is 0 Å². The van der Waals surface area contributed by atoms with Gasteiger partial charge in [-0.25, -0.2) is 4.79 Å². The van der Waals surface area contributed by atoms with E-state index in [1.807, 2.05) is 0 Å². The van der Waals surface area contributed by atoms with Crippen molar-refractivity contribution in [1.82, 2.24) is 0 Å². The molecule has 0 aliphatic heterocycles. The molecule has 82 valence electrons. The fourth-order valence-corrected chi connectivity index (χ4v) is 2.09. The normalized spacial score (nSPS) is 14.3. The van der Waals surface area contributed by atoms with Crippen LogP contribution in [0.25, 0.3) is 0 Å². The van der Waals surface area contributed by atoms with E-state index >= 15 is 0 Å². The SMILES string of the molecule is NC(=O)OC[C@@](O)(I)c1ccccc1Cl. The smallest absolute Gasteiger partial charge is 0.404 e. The maximum Gasteiger partial charge on any atom is 0.404 e. The molecule has 0 unspecified atom stereocenters. The molecule has 0 spiro atoms. The van der Waals surface area contributed by atoms with E-state index in [4.69, 9.17) is 17.3 Å². The van der Waals surface area contributed by atoms with Gasteiger partial charge in [0.2, 0.25) is 0 Å². The zero-order valence-electron chi connectivity index (χ0n) is 7.61. The molecule has 0 bridgehead atoms. The summed E-state index contributed by atoms with van der Waals surface area (Å²) in [6.45, 7) is -0.243. The van der Waals surface area contributed by atoms with Gasteiger partial charge >= 0.3 is 6.09 Å². The van der Waals surface area contributed by atoms with E-state index in [2.05, 4.69) is 4.74 Å². The number of carbonyl (C=O) groups excluding carboxylic acids is 1. The van der Waals surface area contributed by atoms with Crippen molar-refractivity contribution >= 4 is 40.3 Å². The zero-order chi connectivity index (χ0) is 11.5. The van der Waals surface area contributed by atoms with Crippen molar-refractivity contribution < 1.29 is 14.6 Å².